The van der Waals surface area contributed by atoms with E-state index in [0.29, 0.717) is 0 Å². The minimum Gasteiger partial charge on any atom is -0.392 e. The fourth-order valence-corrected chi connectivity index (χ4v) is 3.19. The highest BCUT2D eigenvalue weighted by atomic mass is 32.2. The lowest BCUT2D eigenvalue weighted by Crippen LogP contribution is -2.43. The quantitative estimate of drug-likeness (QED) is 0.750. The first-order valence-corrected chi connectivity index (χ1v) is 8.13. The predicted octanol–water partition coefficient (Wildman–Crippen LogP) is 1.60. The molecule has 106 valence electrons. The van der Waals surface area contributed by atoms with Gasteiger partial charge in [0.2, 0.25) is 10.0 Å². The van der Waals surface area contributed by atoms with Gasteiger partial charge in [-0.1, -0.05) is 42.5 Å². The predicted molar refractivity (Wildman–Crippen MR) is 82.5 cm³/mol. The number of aryl methyl sites for hydroxylation is 1. The third-order valence-electron chi connectivity index (χ3n) is 2.94. The van der Waals surface area contributed by atoms with Gasteiger partial charge in [-0.25, -0.2) is 13.1 Å². The van der Waals surface area contributed by atoms with Gasteiger partial charge in [-0.15, -0.1) is 0 Å². The molecule has 2 unspecified atom stereocenters. The summed E-state index contributed by atoms with van der Waals surface area (Å²) in [5.74, 6) is 0. The van der Waals surface area contributed by atoms with Crippen LogP contribution in [-0.2, 0) is 16.4 Å². The van der Waals surface area contributed by atoms with Crippen LogP contribution in [0.2, 0.25) is 0 Å². The molecule has 19 heavy (non-hydrogen) atoms. The van der Waals surface area contributed by atoms with Crippen LogP contribution >= 0.6 is 12.2 Å². The molecule has 0 heterocycles. The first-order valence-electron chi connectivity index (χ1n) is 6.17. The van der Waals surface area contributed by atoms with E-state index in [1.54, 1.807) is 0 Å². The van der Waals surface area contributed by atoms with Gasteiger partial charge in [0.05, 0.1) is 4.99 Å². The van der Waals surface area contributed by atoms with Crippen molar-refractivity contribution in [3.8, 4) is 0 Å². The summed E-state index contributed by atoms with van der Waals surface area (Å²) in [5, 5.41) is -0.846. The van der Waals surface area contributed by atoms with Crippen molar-refractivity contribution in [3.63, 3.8) is 0 Å². The lowest BCUT2D eigenvalue weighted by Gasteiger charge is -2.17. The summed E-state index contributed by atoms with van der Waals surface area (Å²) < 4.78 is 26.4. The fourth-order valence-electron chi connectivity index (χ4n) is 1.62. The maximum atomic E-state index is 11.9. The maximum Gasteiger partial charge on any atom is 0.220 e. The molecule has 1 aromatic carbocycles. The second-order valence-corrected chi connectivity index (χ2v) is 7.14. The van der Waals surface area contributed by atoms with Crippen molar-refractivity contribution in [2.45, 2.75) is 38.0 Å². The molecular weight excluding hydrogens is 280 g/mol. The van der Waals surface area contributed by atoms with Gasteiger partial charge in [-0.3, -0.25) is 0 Å². The molecule has 0 saturated heterocycles. The molecule has 2 atom stereocenters. The number of hydrogen-bond acceptors (Lipinski definition) is 3. The summed E-state index contributed by atoms with van der Waals surface area (Å²) in [7, 11) is -3.48. The Morgan fingerprint density at radius 2 is 1.89 bits per heavy atom. The summed E-state index contributed by atoms with van der Waals surface area (Å²) >= 11 is 4.72. The van der Waals surface area contributed by atoms with E-state index in [4.69, 9.17) is 18.0 Å². The molecule has 0 bridgehead atoms. The molecule has 0 spiro atoms. The van der Waals surface area contributed by atoms with E-state index in [1.807, 2.05) is 37.3 Å². The molecule has 4 nitrogen and oxygen atoms in total. The van der Waals surface area contributed by atoms with Crippen LogP contribution in [0.4, 0.5) is 0 Å². The van der Waals surface area contributed by atoms with Crippen LogP contribution < -0.4 is 10.5 Å². The number of sulfonamides is 1. The number of hydrogen-bond donors (Lipinski definition) is 2. The molecule has 0 fully saturated rings. The first kappa shape index (κ1) is 16.1. The average Bonchev–Trinajstić information content (AvgIpc) is 2.36. The average molecular weight is 300 g/mol. The molecule has 3 N–H and O–H groups in total. The number of nitrogens with two attached hydrogens (primary N) is 1. The highest BCUT2D eigenvalue weighted by Gasteiger charge is 2.24. The Labute approximate surface area is 120 Å². The molecule has 0 aliphatic carbocycles. The van der Waals surface area contributed by atoms with E-state index < -0.39 is 15.3 Å². The van der Waals surface area contributed by atoms with Crippen molar-refractivity contribution in [2.24, 2.45) is 5.73 Å². The van der Waals surface area contributed by atoms with Gasteiger partial charge < -0.3 is 5.73 Å². The SMILES string of the molecule is CC(CCc1ccccc1)NS(=O)(=O)C(C)C(N)=S. The van der Waals surface area contributed by atoms with Gasteiger partial charge in [-0.05, 0) is 32.3 Å². The summed E-state index contributed by atoms with van der Waals surface area (Å²) in [4.78, 5) is -0.0113. The zero-order chi connectivity index (χ0) is 14.5. The minimum atomic E-state index is -3.48. The van der Waals surface area contributed by atoms with Crippen LogP contribution in [0.3, 0.4) is 0 Å². The van der Waals surface area contributed by atoms with Gasteiger partial charge in [0.25, 0.3) is 0 Å². The van der Waals surface area contributed by atoms with E-state index >= 15 is 0 Å². The van der Waals surface area contributed by atoms with E-state index in [0.717, 1.165) is 12.8 Å². The molecule has 0 saturated carbocycles. The van der Waals surface area contributed by atoms with Crippen LogP contribution in [0.1, 0.15) is 25.8 Å². The number of rotatable bonds is 7. The summed E-state index contributed by atoms with van der Waals surface area (Å²) in [5.41, 5.74) is 6.57. The topological polar surface area (TPSA) is 72.2 Å². The fraction of sp³-hybridized carbons (Fsp3) is 0.462. The van der Waals surface area contributed by atoms with Crippen molar-refractivity contribution in [1.82, 2.24) is 4.72 Å². The molecule has 1 aromatic rings. The zero-order valence-corrected chi connectivity index (χ0v) is 12.8. The Hall–Kier alpha value is -0.980. The molecule has 0 aliphatic rings. The second-order valence-electron chi connectivity index (χ2n) is 4.63. The molecule has 6 heteroatoms. The smallest absolute Gasteiger partial charge is 0.220 e. The lowest BCUT2D eigenvalue weighted by atomic mass is 10.1. The molecule has 0 aliphatic heterocycles. The van der Waals surface area contributed by atoms with Crippen molar-refractivity contribution < 1.29 is 8.42 Å². The van der Waals surface area contributed by atoms with E-state index in [2.05, 4.69) is 4.72 Å². The molecule has 0 aromatic heterocycles. The molecule has 0 amide bonds. The standard InChI is InChI=1S/C13H20N2O2S2/c1-10(8-9-12-6-4-3-5-7-12)15-19(16,17)11(2)13(14)18/h3-7,10-11,15H,8-9H2,1-2H3,(H2,14,18). The van der Waals surface area contributed by atoms with E-state index in [1.165, 1.54) is 12.5 Å². The lowest BCUT2D eigenvalue weighted by molar-refractivity contribution is 0.544. The van der Waals surface area contributed by atoms with Crippen molar-refractivity contribution in [2.75, 3.05) is 0 Å². The summed E-state index contributed by atoms with van der Waals surface area (Å²) in [6, 6.07) is 9.80. The number of benzene rings is 1. The van der Waals surface area contributed by atoms with Gasteiger partial charge in [-0.2, -0.15) is 0 Å². The Balaban J connectivity index is 2.52. The Kier molecular flexibility index (Phi) is 5.90. The zero-order valence-electron chi connectivity index (χ0n) is 11.2. The molecule has 1 rings (SSSR count). The minimum absolute atomic E-state index is 0.0113. The molecular formula is C13H20N2O2S2. The van der Waals surface area contributed by atoms with Crippen LogP contribution in [0.15, 0.2) is 30.3 Å². The Bertz CT molecular complexity index is 515. The van der Waals surface area contributed by atoms with Gasteiger partial charge in [0.15, 0.2) is 0 Å². The number of thiocarbonyl (C=S) groups is 1. The second kappa shape index (κ2) is 6.98. The summed E-state index contributed by atoms with van der Waals surface area (Å²) in [6.45, 7) is 3.33. The Morgan fingerprint density at radius 3 is 2.42 bits per heavy atom. The van der Waals surface area contributed by atoms with Crippen LogP contribution in [0, 0.1) is 0 Å². The van der Waals surface area contributed by atoms with Crippen LogP contribution in [0.25, 0.3) is 0 Å². The summed E-state index contributed by atoms with van der Waals surface area (Å²) in [6.07, 6.45) is 1.55. The van der Waals surface area contributed by atoms with Gasteiger partial charge >= 0.3 is 0 Å². The van der Waals surface area contributed by atoms with Gasteiger partial charge in [0.1, 0.15) is 5.25 Å². The highest BCUT2D eigenvalue weighted by Crippen LogP contribution is 2.07. The normalized spacial score (nSPS) is 14.8. The monoisotopic (exact) mass is 300 g/mol. The van der Waals surface area contributed by atoms with E-state index in [-0.39, 0.29) is 11.0 Å². The largest absolute Gasteiger partial charge is 0.392 e. The molecule has 0 radical (unpaired) electrons. The van der Waals surface area contributed by atoms with Crippen LogP contribution in [-0.4, -0.2) is 24.7 Å². The Morgan fingerprint density at radius 1 is 1.32 bits per heavy atom. The van der Waals surface area contributed by atoms with Gasteiger partial charge in [0, 0.05) is 6.04 Å². The first-order chi connectivity index (χ1) is 8.83. The third kappa shape index (κ3) is 5.26. The third-order valence-corrected chi connectivity index (χ3v) is 5.36. The van der Waals surface area contributed by atoms with Crippen molar-refractivity contribution in [1.29, 1.82) is 0 Å². The van der Waals surface area contributed by atoms with Crippen molar-refractivity contribution >= 4 is 27.2 Å². The van der Waals surface area contributed by atoms with Crippen LogP contribution in [0.5, 0.6) is 0 Å². The van der Waals surface area contributed by atoms with Crippen molar-refractivity contribution in [3.05, 3.63) is 35.9 Å². The number of nitrogens with one attached hydrogen (secondary N) is 1. The maximum absolute atomic E-state index is 11.9. The van der Waals surface area contributed by atoms with E-state index in [9.17, 15) is 8.42 Å². The highest BCUT2D eigenvalue weighted by molar-refractivity contribution is 7.93.